The number of hydrogen-bond donors (Lipinski definition) is 2. The molecule has 0 aromatic heterocycles. The van der Waals surface area contributed by atoms with E-state index in [0.29, 0.717) is 24.8 Å². The Labute approximate surface area is 88.7 Å². The second-order valence-corrected chi connectivity index (χ2v) is 3.20. The van der Waals surface area contributed by atoms with E-state index in [1.165, 1.54) is 6.07 Å². The third-order valence-corrected chi connectivity index (χ3v) is 2.03. The van der Waals surface area contributed by atoms with Gasteiger partial charge in [-0.05, 0) is 19.1 Å². The summed E-state index contributed by atoms with van der Waals surface area (Å²) < 4.78 is 5.16. The molecular weight excluding hydrogens is 202 g/mol. The average Bonchev–Trinajstić information content (AvgIpc) is 2.15. The van der Waals surface area contributed by atoms with Crippen molar-refractivity contribution in [3.8, 4) is 5.75 Å². The summed E-state index contributed by atoms with van der Waals surface area (Å²) in [6.45, 7) is 4.02. The Bertz CT molecular complexity index is 291. The second-order valence-electron chi connectivity index (χ2n) is 2.79. The molecule has 0 amide bonds. The highest BCUT2D eigenvalue weighted by atomic mass is 35.5. The van der Waals surface area contributed by atoms with Crippen molar-refractivity contribution in [2.24, 2.45) is 0 Å². The van der Waals surface area contributed by atoms with Gasteiger partial charge < -0.3 is 15.2 Å². The van der Waals surface area contributed by atoms with Crippen molar-refractivity contribution >= 4 is 17.3 Å². The first-order chi connectivity index (χ1) is 6.74. The Morgan fingerprint density at radius 3 is 2.93 bits per heavy atom. The number of phenolic OH excluding ortho intramolecular Hbond substituents is 1. The van der Waals surface area contributed by atoms with Gasteiger partial charge in [0.2, 0.25) is 0 Å². The predicted octanol–water partition coefficient (Wildman–Crippen LogP) is 2.49. The smallest absolute Gasteiger partial charge is 0.117 e. The summed E-state index contributed by atoms with van der Waals surface area (Å²) in [7, 11) is 0. The van der Waals surface area contributed by atoms with Crippen LogP contribution in [0.25, 0.3) is 0 Å². The molecule has 4 heteroatoms. The van der Waals surface area contributed by atoms with Crippen LogP contribution in [0.3, 0.4) is 0 Å². The van der Waals surface area contributed by atoms with Crippen molar-refractivity contribution in [2.75, 3.05) is 25.1 Å². The maximum atomic E-state index is 9.11. The predicted molar refractivity (Wildman–Crippen MR) is 58.1 cm³/mol. The molecule has 1 aromatic rings. The topological polar surface area (TPSA) is 41.5 Å². The first-order valence-corrected chi connectivity index (χ1v) is 4.92. The second kappa shape index (κ2) is 5.73. The SMILES string of the molecule is CCOCCNc1ccc(O)cc1Cl. The number of nitrogens with one attached hydrogen (secondary N) is 1. The van der Waals surface area contributed by atoms with E-state index in [9.17, 15) is 0 Å². The minimum absolute atomic E-state index is 0.172. The minimum Gasteiger partial charge on any atom is -0.508 e. The molecule has 0 saturated carbocycles. The third kappa shape index (κ3) is 3.44. The lowest BCUT2D eigenvalue weighted by Crippen LogP contribution is -2.09. The Morgan fingerprint density at radius 1 is 1.50 bits per heavy atom. The zero-order valence-electron chi connectivity index (χ0n) is 8.09. The molecule has 0 spiro atoms. The van der Waals surface area contributed by atoms with Crippen molar-refractivity contribution in [1.82, 2.24) is 0 Å². The molecule has 0 radical (unpaired) electrons. The fourth-order valence-electron chi connectivity index (χ4n) is 1.05. The van der Waals surface area contributed by atoms with E-state index < -0.39 is 0 Å². The van der Waals surface area contributed by atoms with E-state index in [0.717, 1.165) is 5.69 Å². The summed E-state index contributed by atoms with van der Waals surface area (Å²) in [5.74, 6) is 0.172. The minimum atomic E-state index is 0.172. The molecule has 0 atom stereocenters. The number of aromatic hydroxyl groups is 1. The van der Waals surface area contributed by atoms with Gasteiger partial charge >= 0.3 is 0 Å². The molecular formula is C10H14ClNO2. The van der Waals surface area contributed by atoms with Crippen LogP contribution in [0.4, 0.5) is 5.69 Å². The Balaban J connectivity index is 2.42. The molecule has 0 saturated heterocycles. The highest BCUT2D eigenvalue weighted by Gasteiger charge is 1.99. The molecule has 1 aromatic carbocycles. The van der Waals surface area contributed by atoms with E-state index in [1.54, 1.807) is 12.1 Å². The Morgan fingerprint density at radius 2 is 2.29 bits per heavy atom. The van der Waals surface area contributed by atoms with Crippen LogP contribution < -0.4 is 5.32 Å². The molecule has 0 heterocycles. The number of hydrogen-bond acceptors (Lipinski definition) is 3. The van der Waals surface area contributed by atoms with Gasteiger partial charge in [0.05, 0.1) is 17.3 Å². The van der Waals surface area contributed by atoms with Gasteiger partial charge in [-0.1, -0.05) is 11.6 Å². The fraction of sp³-hybridized carbons (Fsp3) is 0.400. The van der Waals surface area contributed by atoms with Gasteiger partial charge in [-0.3, -0.25) is 0 Å². The maximum Gasteiger partial charge on any atom is 0.117 e. The van der Waals surface area contributed by atoms with Crippen molar-refractivity contribution in [3.63, 3.8) is 0 Å². The number of phenols is 1. The van der Waals surface area contributed by atoms with Gasteiger partial charge in [0.1, 0.15) is 5.75 Å². The van der Waals surface area contributed by atoms with Gasteiger partial charge in [0.25, 0.3) is 0 Å². The zero-order valence-corrected chi connectivity index (χ0v) is 8.84. The van der Waals surface area contributed by atoms with E-state index in [1.807, 2.05) is 6.92 Å². The quantitative estimate of drug-likeness (QED) is 0.586. The summed E-state index contributed by atoms with van der Waals surface area (Å²) in [6.07, 6.45) is 0. The summed E-state index contributed by atoms with van der Waals surface area (Å²) in [6, 6.07) is 4.84. The first-order valence-electron chi connectivity index (χ1n) is 4.54. The molecule has 0 bridgehead atoms. The normalized spacial score (nSPS) is 10.1. The Kier molecular flexibility index (Phi) is 4.56. The fourth-order valence-corrected chi connectivity index (χ4v) is 1.29. The summed E-state index contributed by atoms with van der Waals surface area (Å²) in [5, 5.41) is 12.7. The van der Waals surface area contributed by atoms with Crippen LogP contribution in [0.1, 0.15) is 6.92 Å². The van der Waals surface area contributed by atoms with Crippen LogP contribution >= 0.6 is 11.6 Å². The van der Waals surface area contributed by atoms with Crippen LogP contribution in [0.2, 0.25) is 5.02 Å². The van der Waals surface area contributed by atoms with Crippen LogP contribution in [-0.4, -0.2) is 24.9 Å². The molecule has 14 heavy (non-hydrogen) atoms. The molecule has 0 unspecified atom stereocenters. The standard InChI is InChI=1S/C10H14ClNO2/c1-2-14-6-5-12-10-4-3-8(13)7-9(10)11/h3-4,7,12-13H,2,5-6H2,1H3. The third-order valence-electron chi connectivity index (χ3n) is 1.72. The van der Waals surface area contributed by atoms with Gasteiger partial charge in [0.15, 0.2) is 0 Å². The van der Waals surface area contributed by atoms with Gasteiger partial charge in [-0.25, -0.2) is 0 Å². The van der Waals surface area contributed by atoms with Crippen LogP contribution in [0, 0.1) is 0 Å². The van der Waals surface area contributed by atoms with E-state index >= 15 is 0 Å². The molecule has 2 N–H and O–H groups in total. The van der Waals surface area contributed by atoms with Gasteiger partial charge in [-0.2, -0.15) is 0 Å². The molecule has 3 nitrogen and oxygen atoms in total. The summed E-state index contributed by atoms with van der Waals surface area (Å²) >= 11 is 5.88. The summed E-state index contributed by atoms with van der Waals surface area (Å²) in [4.78, 5) is 0. The first kappa shape index (κ1) is 11.1. The highest BCUT2D eigenvalue weighted by molar-refractivity contribution is 6.33. The monoisotopic (exact) mass is 215 g/mol. The van der Waals surface area contributed by atoms with E-state index in [4.69, 9.17) is 21.4 Å². The van der Waals surface area contributed by atoms with Gasteiger partial charge in [-0.15, -0.1) is 0 Å². The number of ether oxygens (including phenoxy) is 1. The number of halogens is 1. The lowest BCUT2D eigenvalue weighted by molar-refractivity contribution is 0.158. The van der Waals surface area contributed by atoms with Crippen molar-refractivity contribution in [2.45, 2.75) is 6.92 Å². The maximum absolute atomic E-state index is 9.11. The summed E-state index contributed by atoms with van der Waals surface area (Å²) in [5.41, 5.74) is 0.809. The molecule has 0 aliphatic heterocycles. The van der Waals surface area contributed by atoms with E-state index in [2.05, 4.69) is 5.32 Å². The molecule has 0 aliphatic carbocycles. The lowest BCUT2D eigenvalue weighted by Gasteiger charge is -2.08. The molecule has 78 valence electrons. The van der Waals surface area contributed by atoms with Crippen molar-refractivity contribution < 1.29 is 9.84 Å². The number of benzene rings is 1. The number of rotatable bonds is 5. The van der Waals surface area contributed by atoms with Crippen LogP contribution in [-0.2, 0) is 4.74 Å². The molecule has 0 fully saturated rings. The molecule has 1 rings (SSSR count). The van der Waals surface area contributed by atoms with Crippen molar-refractivity contribution in [1.29, 1.82) is 0 Å². The van der Waals surface area contributed by atoms with Crippen LogP contribution in [0.15, 0.2) is 18.2 Å². The van der Waals surface area contributed by atoms with Crippen molar-refractivity contribution in [3.05, 3.63) is 23.2 Å². The molecule has 0 aliphatic rings. The van der Waals surface area contributed by atoms with Crippen LogP contribution in [0.5, 0.6) is 5.75 Å². The average molecular weight is 216 g/mol. The largest absolute Gasteiger partial charge is 0.508 e. The highest BCUT2D eigenvalue weighted by Crippen LogP contribution is 2.25. The van der Waals surface area contributed by atoms with E-state index in [-0.39, 0.29) is 5.75 Å². The zero-order chi connectivity index (χ0) is 10.4. The van der Waals surface area contributed by atoms with Gasteiger partial charge in [0, 0.05) is 19.2 Å². The Hall–Kier alpha value is -0.930. The number of anilines is 1. The lowest BCUT2D eigenvalue weighted by atomic mass is 10.3.